The number of hydrogen-bond donors (Lipinski definition) is 0. The van der Waals surface area contributed by atoms with E-state index in [1.165, 1.54) is 0 Å². The predicted octanol–water partition coefficient (Wildman–Crippen LogP) is 6.79. The number of ether oxygens (including phenoxy) is 2. The highest BCUT2D eigenvalue weighted by atomic mass is 16.5. The van der Waals surface area contributed by atoms with Gasteiger partial charge in [0.25, 0.3) is 5.91 Å². The van der Waals surface area contributed by atoms with E-state index >= 15 is 0 Å². The van der Waals surface area contributed by atoms with Crippen molar-refractivity contribution in [2.75, 3.05) is 13.7 Å². The van der Waals surface area contributed by atoms with Crippen molar-refractivity contribution in [3.05, 3.63) is 140 Å². The van der Waals surface area contributed by atoms with Crippen LogP contribution in [-0.4, -0.2) is 24.5 Å². The maximum absolute atomic E-state index is 14.0. The van der Waals surface area contributed by atoms with Crippen LogP contribution in [0.3, 0.4) is 0 Å². The number of aryl methyl sites for hydroxylation is 2. The third-order valence-corrected chi connectivity index (χ3v) is 7.81. The van der Waals surface area contributed by atoms with Gasteiger partial charge in [-0.3, -0.25) is 9.59 Å². The minimum Gasteiger partial charge on any atom is -0.493 e. The Hall–Kier alpha value is -4.84. The number of fused-ring (bicyclic) bond motifs is 2. The van der Waals surface area contributed by atoms with Crippen LogP contribution in [0.1, 0.15) is 50.0 Å². The summed E-state index contributed by atoms with van der Waals surface area (Å²) in [6, 6.07) is 28.6. The maximum Gasteiger partial charge on any atom is 0.290 e. The van der Waals surface area contributed by atoms with E-state index in [1.807, 2.05) is 105 Å². The number of benzene rings is 4. The number of carbonyl (C=O) groups excluding carboxylic acids is 1. The normalized spacial score (nSPS) is 14.4. The molecule has 0 bridgehead atoms. The second-order valence-corrected chi connectivity index (χ2v) is 10.4. The summed E-state index contributed by atoms with van der Waals surface area (Å²) in [5.74, 6) is 0.921. The lowest BCUT2D eigenvalue weighted by Crippen LogP contribution is -2.31. The molecule has 6 nitrogen and oxygen atoms in total. The molecule has 5 aromatic rings. The summed E-state index contributed by atoms with van der Waals surface area (Å²) in [7, 11) is 1.59. The van der Waals surface area contributed by atoms with Crippen LogP contribution in [0.15, 0.2) is 100 Å². The van der Waals surface area contributed by atoms with E-state index in [1.54, 1.807) is 12.0 Å². The first kappa shape index (κ1) is 26.4. The minimum atomic E-state index is -0.624. The Morgan fingerprint density at radius 2 is 1.49 bits per heavy atom. The van der Waals surface area contributed by atoms with Gasteiger partial charge in [-0.05, 0) is 72.4 Å². The molecule has 6 heteroatoms. The quantitative estimate of drug-likeness (QED) is 0.215. The van der Waals surface area contributed by atoms with Crippen molar-refractivity contribution in [1.82, 2.24) is 4.90 Å². The van der Waals surface area contributed by atoms with Crippen LogP contribution in [0.25, 0.3) is 11.0 Å². The highest BCUT2D eigenvalue weighted by Crippen LogP contribution is 2.41. The lowest BCUT2D eigenvalue weighted by atomic mass is 9.97. The second-order valence-electron chi connectivity index (χ2n) is 10.4. The van der Waals surface area contributed by atoms with Gasteiger partial charge in [0.1, 0.15) is 12.2 Å². The molecule has 41 heavy (non-hydrogen) atoms. The SMILES string of the molecule is COc1cc(C2c3c(oc4cc(C)c(C)cc4c3=O)C(=O)N2CCc2ccccc2)ccc1OCc1ccccc1. The van der Waals surface area contributed by atoms with E-state index in [-0.39, 0.29) is 17.1 Å². The third-order valence-electron chi connectivity index (χ3n) is 7.81. The van der Waals surface area contributed by atoms with E-state index in [0.29, 0.717) is 47.6 Å². The number of rotatable bonds is 8. The fraction of sp³-hybridized carbons (Fsp3) is 0.200. The number of nitrogens with zero attached hydrogens (tertiary/aromatic N) is 1. The maximum atomic E-state index is 14.0. The van der Waals surface area contributed by atoms with Gasteiger partial charge in [0.2, 0.25) is 5.76 Å². The molecule has 4 aromatic carbocycles. The van der Waals surface area contributed by atoms with Crippen molar-refractivity contribution in [2.24, 2.45) is 0 Å². The summed E-state index contributed by atoms with van der Waals surface area (Å²) in [4.78, 5) is 29.6. The highest BCUT2D eigenvalue weighted by molar-refractivity contribution is 5.99. The topological polar surface area (TPSA) is 69.0 Å². The van der Waals surface area contributed by atoms with E-state index in [2.05, 4.69) is 0 Å². The molecule has 1 atom stereocenters. The molecule has 1 aromatic heterocycles. The van der Waals surface area contributed by atoms with Gasteiger partial charge in [-0.25, -0.2) is 0 Å². The van der Waals surface area contributed by atoms with Crippen molar-refractivity contribution in [2.45, 2.75) is 32.9 Å². The molecule has 1 amide bonds. The predicted molar refractivity (Wildman–Crippen MR) is 159 cm³/mol. The Morgan fingerprint density at radius 1 is 0.805 bits per heavy atom. The van der Waals surface area contributed by atoms with Gasteiger partial charge in [0.05, 0.1) is 24.1 Å². The van der Waals surface area contributed by atoms with Gasteiger partial charge in [-0.15, -0.1) is 0 Å². The molecule has 206 valence electrons. The van der Waals surface area contributed by atoms with Gasteiger partial charge >= 0.3 is 0 Å². The molecule has 0 spiro atoms. The summed E-state index contributed by atoms with van der Waals surface area (Å²) < 4.78 is 18.0. The Balaban J connectivity index is 1.43. The number of methoxy groups -OCH3 is 1. The van der Waals surface area contributed by atoms with Crippen LogP contribution in [0.2, 0.25) is 0 Å². The zero-order chi connectivity index (χ0) is 28.5. The Morgan fingerprint density at radius 3 is 2.20 bits per heavy atom. The molecule has 1 aliphatic rings. The lowest BCUT2D eigenvalue weighted by molar-refractivity contribution is 0.0730. The molecule has 2 heterocycles. The monoisotopic (exact) mass is 545 g/mol. The number of hydrogen-bond acceptors (Lipinski definition) is 5. The smallest absolute Gasteiger partial charge is 0.290 e. The average molecular weight is 546 g/mol. The molecule has 1 aliphatic heterocycles. The summed E-state index contributed by atoms with van der Waals surface area (Å²) in [6.07, 6.45) is 0.637. The first-order valence-electron chi connectivity index (χ1n) is 13.7. The summed E-state index contributed by atoms with van der Waals surface area (Å²) in [6.45, 7) is 4.74. The Labute approximate surface area is 238 Å². The molecule has 1 unspecified atom stereocenters. The number of carbonyl (C=O) groups is 1. The van der Waals surface area contributed by atoms with Gasteiger partial charge in [0, 0.05) is 6.54 Å². The van der Waals surface area contributed by atoms with E-state index in [0.717, 1.165) is 27.8 Å². The second kappa shape index (κ2) is 11.0. The molecular weight excluding hydrogens is 514 g/mol. The van der Waals surface area contributed by atoms with Crippen LogP contribution >= 0.6 is 0 Å². The van der Waals surface area contributed by atoms with Gasteiger partial charge in [0.15, 0.2) is 16.9 Å². The fourth-order valence-corrected chi connectivity index (χ4v) is 5.46. The molecule has 0 aliphatic carbocycles. The summed E-state index contributed by atoms with van der Waals surface area (Å²) in [5, 5.41) is 0.476. The van der Waals surface area contributed by atoms with Crippen LogP contribution in [-0.2, 0) is 13.0 Å². The fourth-order valence-electron chi connectivity index (χ4n) is 5.46. The Bertz CT molecular complexity index is 1790. The van der Waals surface area contributed by atoms with Crippen LogP contribution in [0.5, 0.6) is 11.5 Å². The van der Waals surface area contributed by atoms with Crippen molar-refractivity contribution in [3.8, 4) is 11.5 Å². The standard InChI is InChI=1S/C35H31NO5/c1-22-18-27-29(19-23(22)2)41-34-31(33(27)37)32(36(35(34)38)17-16-24-10-6-4-7-11-24)26-14-15-28(30(20-26)39-3)40-21-25-12-8-5-9-13-25/h4-15,18-20,32H,16-17,21H2,1-3H3. The van der Waals surface area contributed by atoms with E-state index < -0.39 is 6.04 Å². The van der Waals surface area contributed by atoms with Crippen LogP contribution < -0.4 is 14.9 Å². The van der Waals surface area contributed by atoms with Gasteiger partial charge in [-0.2, -0.15) is 0 Å². The molecule has 0 radical (unpaired) electrons. The third kappa shape index (κ3) is 4.97. The molecule has 0 saturated carbocycles. The molecular formula is C35H31NO5. The van der Waals surface area contributed by atoms with E-state index in [4.69, 9.17) is 13.9 Å². The van der Waals surface area contributed by atoms with E-state index in [9.17, 15) is 9.59 Å². The summed E-state index contributed by atoms with van der Waals surface area (Å²) >= 11 is 0. The molecule has 6 rings (SSSR count). The highest BCUT2D eigenvalue weighted by Gasteiger charge is 2.42. The number of amides is 1. The molecule has 0 saturated heterocycles. The Kier molecular flexibility index (Phi) is 7.06. The largest absolute Gasteiger partial charge is 0.493 e. The first-order valence-corrected chi connectivity index (χ1v) is 13.7. The zero-order valence-electron chi connectivity index (χ0n) is 23.3. The first-order chi connectivity index (χ1) is 19.9. The molecule has 0 fully saturated rings. The summed E-state index contributed by atoms with van der Waals surface area (Å²) in [5.41, 5.74) is 5.49. The van der Waals surface area contributed by atoms with Crippen molar-refractivity contribution in [1.29, 1.82) is 0 Å². The zero-order valence-corrected chi connectivity index (χ0v) is 23.3. The van der Waals surface area contributed by atoms with Gasteiger partial charge in [-0.1, -0.05) is 66.7 Å². The van der Waals surface area contributed by atoms with Crippen LogP contribution in [0.4, 0.5) is 0 Å². The average Bonchev–Trinajstić information content (AvgIpc) is 3.28. The molecule has 0 N–H and O–H groups in total. The minimum absolute atomic E-state index is 0.104. The van der Waals surface area contributed by atoms with Crippen molar-refractivity contribution >= 4 is 16.9 Å². The van der Waals surface area contributed by atoms with Crippen molar-refractivity contribution in [3.63, 3.8) is 0 Å². The van der Waals surface area contributed by atoms with Gasteiger partial charge < -0.3 is 18.8 Å². The van der Waals surface area contributed by atoms with Crippen molar-refractivity contribution < 1.29 is 18.7 Å². The lowest BCUT2D eigenvalue weighted by Gasteiger charge is -2.26. The van der Waals surface area contributed by atoms with Crippen LogP contribution in [0, 0.1) is 13.8 Å².